The Morgan fingerprint density at radius 1 is 1.16 bits per heavy atom. The summed E-state index contributed by atoms with van der Waals surface area (Å²) in [5.41, 5.74) is 2.79. The average molecular weight is 602 g/mol. The van der Waals surface area contributed by atoms with E-state index >= 15 is 0 Å². The molecule has 0 spiro atoms. The van der Waals surface area contributed by atoms with E-state index in [1.165, 1.54) is 24.3 Å². The van der Waals surface area contributed by atoms with Crippen molar-refractivity contribution in [1.82, 2.24) is 4.98 Å². The van der Waals surface area contributed by atoms with Crippen LogP contribution in [0, 0.1) is 27.9 Å². The molecule has 1 aliphatic carbocycles. The summed E-state index contributed by atoms with van der Waals surface area (Å²) in [4.78, 5) is 43.6. The van der Waals surface area contributed by atoms with E-state index in [-0.39, 0.29) is 30.8 Å². The first-order valence-electron chi connectivity index (χ1n) is 14.7. The number of hydrogen-bond donors (Lipinski definition) is 3. The fraction of sp³-hybridized carbons (Fsp3) is 0.364. The summed E-state index contributed by atoms with van der Waals surface area (Å²) in [6, 6.07) is 14.3. The second kappa shape index (κ2) is 13.5. The number of allylic oxidation sites excluding steroid dienone is 2. The molecule has 1 aliphatic heterocycles. The molecule has 3 N–H and O–H groups in total. The number of hydrogen-bond acceptors (Lipinski definition) is 9. The third-order valence-electron chi connectivity index (χ3n) is 8.43. The minimum absolute atomic E-state index is 0.117. The van der Waals surface area contributed by atoms with E-state index in [9.17, 15) is 35.0 Å². The molecule has 11 heteroatoms. The van der Waals surface area contributed by atoms with E-state index in [0.717, 1.165) is 22.5 Å². The number of anilines is 1. The van der Waals surface area contributed by atoms with Crippen LogP contribution in [0.1, 0.15) is 56.2 Å². The number of rotatable bonds is 12. The molecule has 3 aromatic rings. The second-order valence-electron chi connectivity index (χ2n) is 11.1. The van der Waals surface area contributed by atoms with Crippen molar-refractivity contribution in [3.63, 3.8) is 0 Å². The lowest BCUT2D eigenvalue weighted by Gasteiger charge is -2.36. The van der Waals surface area contributed by atoms with Crippen LogP contribution < -0.4 is 4.90 Å². The number of nitro groups is 1. The Balaban J connectivity index is 1.44. The Hall–Kier alpha value is -4.45. The molecule has 230 valence electrons. The van der Waals surface area contributed by atoms with E-state index in [0.29, 0.717) is 35.6 Å². The molecule has 2 aliphatic rings. The molecule has 2 aromatic heterocycles. The third-order valence-corrected chi connectivity index (χ3v) is 8.43. The number of furan rings is 1. The molecule has 0 saturated carbocycles. The maximum Gasteiger partial charge on any atom is 0.271 e. The number of carbonyl (C=O) groups is 2. The molecule has 0 radical (unpaired) electrons. The summed E-state index contributed by atoms with van der Waals surface area (Å²) < 4.78 is 5.66. The highest BCUT2D eigenvalue weighted by molar-refractivity contribution is 6.22. The molecule has 1 aromatic carbocycles. The van der Waals surface area contributed by atoms with Gasteiger partial charge in [-0.25, -0.2) is 4.90 Å². The van der Waals surface area contributed by atoms with Gasteiger partial charge in [0.25, 0.3) is 5.69 Å². The van der Waals surface area contributed by atoms with Crippen molar-refractivity contribution < 1.29 is 34.2 Å². The van der Waals surface area contributed by atoms with Crippen molar-refractivity contribution in [1.29, 1.82) is 0 Å². The molecule has 2 amide bonds. The van der Waals surface area contributed by atoms with Crippen LogP contribution in [0.2, 0.25) is 0 Å². The quantitative estimate of drug-likeness (QED) is 0.116. The number of aromatic nitrogens is 1. The Bertz CT molecular complexity index is 1590. The zero-order chi connectivity index (χ0) is 31.4. The Kier molecular flexibility index (Phi) is 9.48. The molecular weight excluding hydrogens is 566 g/mol. The maximum atomic E-state index is 13.8. The Labute approximate surface area is 254 Å². The fourth-order valence-electron chi connectivity index (χ4n) is 6.50. The van der Waals surface area contributed by atoms with E-state index < -0.39 is 47.2 Å². The average Bonchev–Trinajstić information content (AvgIpc) is 3.60. The van der Waals surface area contributed by atoms with Crippen LogP contribution in [-0.2, 0) is 16.2 Å². The number of nitro benzene ring substituents is 1. The van der Waals surface area contributed by atoms with Crippen LogP contribution in [-0.4, -0.2) is 49.8 Å². The molecule has 1 saturated heterocycles. The molecule has 4 atom stereocenters. The topological polar surface area (TPSA) is 167 Å². The van der Waals surface area contributed by atoms with Gasteiger partial charge in [0, 0.05) is 24.2 Å². The van der Waals surface area contributed by atoms with Crippen molar-refractivity contribution in [3.05, 3.63) is 99.3 Å². The van der Waals surface area contributed by atoms with Crippen LogP contribution in [0.25, 0.3) is 11.6 Å². The lowest BCUT2D eigenvalue weighted by molar-refractivity contribution is -0.384. The van der Waals surface area contributed by atoms with Gasteiger partial charge in [0.1, 0.15) is 18.1 Å². The normalized spacial score (nSPS) is 21.1. The van der Waals surface area contributed by atoms with Gasteiger partial charge in [0.05, 0.1) is 40.9 Å². The zero-order valence-corrected chi connectivity index (χ0v) is 24.3. The first-order chi connectivity index (χ1) is 21.3. The summed E-state index contributed by atoms with van der Waals surface area (Å²) in [5.74, 6) is -2.47. The van der Waals surface area contributed by atoms with Crippen LogP contribution in [0.3, 0.4) is 0 Å². The monoisotopic (exact) mass is 601 g/mol. The summed E-state index contributed by atoms with van der Waals surface area (Å²) in [5, 5.41) is 43.0. The number of amides is 2. The molecule has 5 rings (SSSR count). The largest absolute Gasteiger partial charge is 0.459 e. The minimum Gasteiger partial charge on any atom is -0.459 e. The molecule has 3 heterocycles. The van der Waals surface area contributed by atoms with Crippen LogP contribution in [0.15, 0.2) is 76.4 Å². The number of pyridine rings is 1. The Morgan fingerprint density at radius 3 is 2.64 bits per heavy atom. The first kappa shape index (κ1) is 31.0. The van der Waals surface area contributed by atoms with Crippen LogP contribution in [0.4, 0.5) is 11.4 Å². The molecular formula is C33H35N3O8. The highest BCUT2D eigenvalue weighted by Crippen LogP contribution is 2.48. The zero-order valence-electron chi connectivity index (χ0n) is 24.3. The fourth-order valence-corrected chi connectivity index (χ4v) is 6.50. The molecule has 1 fully saturated rings. The van der Waals surface area contributed by atoms with Gasteiger partial charge in [-0.15, -0.1) is 0 Å². The number of fused-ring (bicyclic) bond motifs is 1. The predicted octanol–water partition coefficient (Wildman–Crippen LogP) is 4.67. The number of non-ortho nitro benzene ring substituents is 1. The lowest BCUT2D eigenvalue weighted by atomic mass is 9.67. The summed E-state index contributed by atoms with van der Waals surface area (Å²) in [6.07, 6.45) is 4.69. The SMILES string of the molecule is CCCC1=C([C@H](O)CC/C(=C/c2ccc(CO)o2)c2ccccn2)[C@H](CO)[C@@H]2C(=O)N(c3cccc([N+](=O)[O-])c3)C(=O)[C@@H]2C1. The molecule has 0 bridgehead atoms. The smallest absolute Gasteiger partial charge is 0.271 e. The summed E-state index contributed by atoms with van der Waals surface area (Å²) in [7, 11) is 0. The van der Waals surface area contributed by atoms with Crippen molar-refractivity contribution in [2.45, 2.75) is 51.7 Å². The highest BCUT2D eigenvalue weighted by atomic mass is 16.6. The van der Waals surface area contributed by atoms with Crippen LogP contribution >= 0.6 is 0 Å². The number of aliphatic hydroxyl groups is 3. The van der Waals surface area contributed by atoms with E-state index in [1.807, 2.05) is 25.1 Å². The van der Waals surface area contributed by atoms with Gasteiger partial charge in [-0.05, 0) is 73.2 Å². The van der Waals surface area contributed by atoms with Crippen molar-refractivity contribution >= 4 is 34.8 Å². The van der Waals surface area contributed by atoms with E-state index in [4.69, 9.17) is 4.42 Å². The van der Waals surface area contributed by atoms with Gasteiger partial charge in [-0.1, -0.05) is 31.1 Å². The Morgan fingerprint density at radius 2 is 1.98 bits per heavy atom. The first-order valence-corrected chi connectivity index (χ1v) is 14.7. The van der Waals surface area contributed by atoms with Gasteiger partial charge in [-0.2, -0.15) is 0 Å². The standard InChI is InChI=1S/C33H35N3O8/c1-2-6-21-16-26-31(33(41)35(32(26)40)22-7-5-8-23(17-22)36(42)43)27(19-38)30(21)29(39)13-10-20(28-9-3-4-14-34-28)15-24-11-12-25(18-37)44-24/h3-5,7-9,11-12,14-15,17,26-27,29,31,37-39H,2,6,10,13,16,18-19H2,1H3/b20-15-/t26-,27+,29-,31-/m1/s1. The van der Waals surface area contributed by atoms with Crippen LogP contribution in [0.5, 0.6) is 0 Å². The number of carbonyl (C=O) groups excluding carboxylic acids is 2. The number of nitrogens with zero attached hydrogens (tertiary/aromatic N) is 3. The molecule has 44 heavy (non-hydrogen) atoms. The minimum atomic E-state index is -1.01. The molecule has 11 nitrogen and oxygen atoms in total. The predicted molar refractivity (Wildman–Crippen MR) is 162 cm³/mol. The number of benzene rings is 1. The second-order valence-corrected chi connectivity index (χ2v) is 11.1. The number of imide groups is 1. The summed E-state index contributed by atoms with van der Waals surface area (Å²) in [6.45, 7) is 1.31. The van der Waals surface area contributed by atoms with Crippen molar-refractivity contribution in [3.8, 4) is 0 Å². The van der Waals surface area contributed by atoms with Crippen molar-refractivity contribution in [2.24, 2.45) is 17.8 Å². The number of aliphatic hydroxyl groups excluding tert-OH is 3. The third kappa shape index (κ3) is 6.12. The van der Waals surface area contributed by atoms with E-state index in [2.05, 4.69) is 4.98 Å². The van der Waals surface area contributed by atoms with Gasteiger partial charge in [0.2, 0.25) is 11.8 Å². The van der Waals surface area contributed by atoms with Gasteiger partial charge >= 0.3 is 0 Å². The molecule has 0 unspecified atom stereocenters. The lowest BCUT2D eigenvalue weighted by Crippen LogP contribution is -2.39. The van der Waals surface area contributed by atoms with E-state index in [1.54, 1.807) is 24.4 Å². The van der Waals surface area contributed by atoms with Crippen molar-refractivity contribution in [2.75, 3.05) is 11.5 Å². The highest BCUT2D eigenvalue weighted by Gasteiger charge is 2.55. The van der Waals surface area contributed by atoms with Gasteiger partial charge in [-0.3, -0.25) is 24.7 Å². The maximum absolute atomic E-state index is 13.8. The summed E-state index contributed by atoms with van der Waals surface area (Å²) >= 11 is 0. The van der Waals surface area contributed by atoms with Gasteiger partial charge in [0.15, 0.2) is 0 Å². The van der Waals surface area contributed by atoms with Gasteiger partial charge < -0.3 is 19.7 Å².